The van der Waals surface area contributed by atoms with Gasteiger partial charge in [0.05, 0.1) is 6.26 Å². The van der Waals surface area contributed by atoms with Gasteiger partial charge in [-0.25, -0.2) is 0 Å². The molecule has 2 N–H and O–H groups in total. The van der Waals surface area contributed by atoms with E-state index < -0.39 is 12.1 Å². The van der Waals surface area contributed by atoms with Gasteiger partial charge < -0.3 is 15.2 Å². The van der Waals surface area contributed by atoms with Crippen LogP contribution in [0.4, 0.5) is 0 Å². The second-order valence-corrected chi connectivity index (χ2v) is 2.17. The van der Waals surface area contributed by atoms with Crippen molar-refractivity contribution in [2.45, 2.75) is 13.2 Å². The highest BCUT2D eigenvalue weighted by Gasteiger charge is 1.97. The molecule has 1 atom stereocenters. The normalized spacial score (nSPS) is 9.73. The van der Waals surface area contributed by atoms with Crippen molar-refractivity contribution in [2.75, 3.05) is 0 Å². The van der Waals surface area contributed by atoms with Crippen molar-refractivity contribution in [1.29, 1.82) is 0 Å². The van der Waals surface area contributed by atoms with Gasteiger partial charge in [-0.15, -0.1) is 0 Å². The van der Waals surface area contributed by atoms with Crippen LogP contribution in [0.3, 0.4) is 0 Å². The Morgan fingerprint density at radius 2 is 1.93 bits per heavy atom. The lowest BCUT2D eigenvalue weighted by atomic mass is 10.5. The lowest BCUT2D eigenvalue weighted by molar-refractivity contribution is -0.135. The average molecular weight is 213 g/mol. The highest BCUT2D eigenvalue weighted by Crippen LogP contribution is 1.76. The van der Waals surface area contributed by atoms with Crippen LogP contribution in [-0.2, 0) is 14.3 Å². The van der Waals surface area contributed by atoms with Crippen LogP contribution in [0.25, 0.3) is 0 Å². The average Bonchev–Trinajstić information content (AvgIpc) is 2.18. The Hall–Kier alpha value is -1.88. The summed E-state index contributed by atoms with van der Waals surface area (Å²) in [4.78, 5) is 20.1. The molecule has 0 aliphatic heterocycles. The molecule has 5 heteroatoms. The zero-order valence-electron chi connectivity index (χ0n) is 8.60. The fourth-order valence-corrected chi connectivity index (χ4v) is 0.381. The van der Waals surface area contributed by atoms with Gasteiger partial charge in [0.25, 0.3) is 0 Å². The summed E-state index contributed by atoms with van der Waals surface area (Å²) in [6.07, 6.45) is 2.41. The summed E-state index contributed by atoms with van der Waals surface area (Å²) in [6.45, 7) is 10.9. The van der Waals surface area contributed by atoms with Gasteiger partial charge in [-0.1, -0.05) is 19.7 Å². The molecule has 84 valence electrons. The van der Waals surface area contributed by atoms with E-state index >= 15 is 0 Å². The first-order valence-corrected chi connectivity index (χ1v) is 3.99. The topological polar surface area (TPSA) is 75.6 Å². The molecule has 0 aromatic carbocycles. The minimum absolute atomic E-state index is 0.329. The maximum atomic E-state index is 10.3. The molecule has 0 saturated heterocycles. The van der Waals surface area contributed by atoms with Crippen molar-refractivity contribution >= 4 is 11.9 Å². The van der Waals surface area contributed by atoms with Crippen molar-refractivity contribution in [3.8, 4) is 0 Å². The Kier molecular flexibility index (Phi) is 10.6. The number of rotatable bonds is 4. The number of hydrogen-bond acceptors (Lipinski definition) is 4. The quantitative estimate of drug-likeness (QED) is 0.234. The molecule has 1 amide bonds. The summed E-state index contributed by atoms with van der Waals surface area (Å²) in [5, 5.41) is 10.8. The number of aliphatic hydroxyl groups excluding tert-OH is 1. The second-order valence-electron chi connectivity index (χ2n) is 2.17. The zero-order valence-corrected chi connectivity index (χ0v) is 8.60. The third-order valence-electron chi connectivity index (χ3n) is 0.948. The monoisotopic (exact) mass is 213 g/mol. The molecule has 0 spiro atoms. The van der Waals surface area contributed by atoms with Crippen LogP contribution in [0.5, 0.6) is 0 Å². The predicted molar refractivity (Wildman–Crippen MR) is 56.5 cm³/mol. The first-order chi connectivity index (χ1) is 6.97. The number of carbonyl (C=O) groups excluding carboxylic acids is 2. The Morgan fingerprint density at radius 1 is 1.40 bits per heavy atom. The molecular weight excluding hydrogens is 198 g/mol. The van der Waals surface area contributed by atoms with Crippen LogP contribution in [0, 0.1) is 0 Å². The fourth-order valence-electron chi connectivity index (χ4n) is 0.381. The first kappa shape index (κ1) is 15.6. The smallest absolute Gasteiger partial charge is 0.307 e. The van der Waals surface area contributed by atoms with Crippen LogP contribution in [0.1, 0.15) is 6.92 Å². The number of esters is 1. The molecule has 0 aliphatic rings. The number of aliphatic hydroxyl groups is 1. The van der Waals surface area contributed by atoms with Gasteiger partial charge in [-0.05, 0) is 12.2 Å². The van der Waals surface area contributed by atoms with Gasteiger partial charge in [-0.2, -0.15) is 0 Å². The Labute approximate surface area is 88.7 Å². The van der Waals surface area contributed by atoms with E-state index in [0.717, 1.165) is 12.3 Å². The summed E-state index contributed by atoms with van der Waals surface area (Å²) in [5.74, 6) is -0.743. The maximum absolute atomic E-state index is 10.3. The number of carbonyl (C=O) groups is 2. The van der Waals surface area contributed by atoms with Crippen molar-refractivity contribution in [1.82, 2.24) is 5.32 Å². The first-order valence-electron chi connectivity index (χ1n) is 3.99. The lowest BCUT2D eigenvalue weighted by Crippen LogP contribution is -2.31. The van der Waals surface area contributed by atoms with E-state index in [9.17, 15) is 9.59 Å². The van der Waals surface area contributed by atoms with E-state index in [-0.39, 0.29) is 5.97 Å². The molecule has 5 nitrogen and oxygen atoms in total. The van der Waals surface area contributed by atoms with Gasteiger partial charge in [0.1, 0.15) is 6.23 Å². The molecule has 0 bridgehead atoms. The van der Waals surface area contributed by atoms with E-state index in [0.29, 0.717) is 0 Å². The molecule has 0 aromatic rings. The highest BCUT2D eigenvalue weighted by atomic mass is 16.5. The number of nitrogens with one attached hydrogen (secondary N) is 1. The number of hydrogen-bond donors (Lipinski definition) is 2. The summed E-state index contributed by atoms with van der Waals surface area (Å²) >= 11 is 0. The lowest BCUT2D eigenvalue weighted by Gasteiger charge is -2.03. The van der Waals surface area contributed by atoms with Gasteiger partial charge >= 0.3 is 5.97 Å². The summed E-state index contributed by atoms with van der Waals surface area (Å²) in [5.41, 5.74) is 0. The van der Waals surface area contributed by atoms with Crippen molar-refractivity contribution in [2.24, 2.45) is 0 Å². The maximum Gasteiger partial charge on any atom is 0.307 e. The Morgan fingerprint density at radius 3 is 2.13 bits per heavy atom. The zero-order chi connectivity index (χ0) is 12.3. The molecule has 0 aromatic heterocycles. The van der Waals surface area contributed by atoms with Gasteiger partial charge in [0, 0.05) is 6.92 Å². The molecule has 1 unspecified atom stereocenters. The van der Waals surface area contributed by atoms with Gasteiger partial charge in [0.15, 0.2) is 0 Å². The van der Waals surface area contributed by atoms with Crippen LogP contribution in [0.15, 0.2) is 38.2 Å². The number of amides is 1. The molecule has 0 saturated carbocycles. The van der Waals surface area contributed by atoms with Crippen molar-refractivity contribution in [3.63, 3.8) is 0 Å². The van der Waals surface area contributed by atoms with Crippen molar-refractivity contribution < 1.29 is 19.4 Å². The van der Waals surface area contributed by atoms with E-state index in [1.54, 1.807) is 0 Å². The number of ether oxygens (including phenoxy) is 1. The molecule has 0 fully saturated rings. The van der Waals surface area contributed by atoms with Crippen LogP contribution >= 0.6 is 0 Å². The Balaban J connectivity index is 0. The van der Waals surface area contributed by atoms with Gasteiger partial charge in [-0.3, -0.25) is 9.59 Å². The molecule has 15 heavy (non-hydrogen) atoms. The minimum Gasteiger partial charge on any atom is -0.435 e. The SMILES string of the molecule is C=CC(=O)NC(O)C=C.C=COC(C)=O. The highest BCUT2D eigenvalue weighted by molar-refractivity contribution is 5.87. The summed E-state index contributed by atoms with van der Waals surface area (Å²) in [6, 6.07) is 0. The fraction of sp³-hybridized carbons (Fsp3) is 0.200. The predicted octanol–water partition coefficient (Wildman–Crippen LogP) is 0.486. The van der Waals surface area contributed by atoms with E-state index in [2.05, 4.69) is 29.8 Å². The molecule has 0 aliphatic carbocycles. The van der Waals surface area contributed by atoms with E-state index in [4.69, 9.17) is 5.11 Å². The second kappa shape index (κ2) is 10.2. The molecular formula is C10H15NO4. The molecule has 0 heterocycles. The minimum atomic E-state index is -0.976. The Bertz CT molecular complexity index is 248. The standard InChI is InChI=1S/C6H9NO2.C4H6O2/c1-3-5(8)7-6(9)4-2;1-3-6-4(2)5/h3-5,8H,1-2H2,(H,7,9);3H,1H2,2H3. The molecule has 0 radical (unpaired) electrons. The van der Waals surface area contributed by atoms with E-state index in [1.165, 1.54) is 13.0 Å². The third-order valence-corrected chi connectivity index (χ3v) is 0.948. The summed E-state index contributed by atoms with van der Waals surface area (Å²) in [7, 11) is 0. The summed E-state index contributed by atoms with van der Waals surface area (Å²) < 4.78 is 4.17. The third kappa shape index (κ3) is 14.9. The van der Waals surface area contributed by atoms with E-state index in [1.807, 2.05) is 0 Å². The van der Waals surface area contributed by atoms with Crippen LogP contribution in [-0.4, -0.2) is 23.2 Å². The van der Waals surface area contributed by atoms with Crippen LogP contribution in [0.2, 0.25) is 0 Å². The largest absolute Gasteiger partial charge is 0.435 e. The van der Waals surface area contributed by atoms with Gasteiger partial charge in [0.2, 0.25) is 5.91 Å². The van der Waals surface area contributed by atoms with Crippen LogP contribution < -0.4 is 5.32 Å². The van der Waals surface area contributed by atoms with Crippen molar-refractivity contribution in [3.05, 3.63) is 38.2 Å². The molecule has 0 rings (SSSR count).